The van der Waals surface area contributed by atoms with E-state index in [4.69, 9.17) is 11.6 Å². The number of nitrogens with zero attached hydrogens (tertiary/aromatic N) is 2. The first-order valence-electron chi connectivity index (χ1n) is 10.2. The van der Waals surface area contributed by atoms with Crippen molar-refractivity contribution < 1.29 is 17.6 Å². The van der Waals surface area contributed by atoms with Crippen molar-refractivity contribution in [2.45, 2.75) is 43.2 Å². The van der Waals surface area contributed by atoms with E-state index < -0.39 is 15.9 Å². The number of sulfonamides is 1. The van der Waals surface area contributed by atoms with E-state index >= 15 is 0 Å². The predicted molar refractivity (Wildman–Crippen MR) is 113 cm³/mol. The van der Waals surface area contributed by atoms with Crippen molar-refractivity contribution in [2.75, 3.05) is 13.1 Å². The van der Waals surface area contributed by atoms with Gasteiger partial charge in [0.1, 0.15) is 5.82 Å². The Hall–Kier alpha value is -1.96. The molecule has 5 nitrogen and oxygen atoms in total. The van der Waals surface area contributed by atoms with Crippen LogP contribution in [0.15, 0.2) is 53.4 Å². The minimum atomic E-state index is -3.70. The summed E-state index contributed by atoms with van der Waals surface area (Å²) in [6.45, 7) is 0.742. The molecule has 0 radical (unpaired) electrons. The van der Waals surface area contributed by atoms with Gasteiger partial charge in [-0.25, -0.2) is 12.8 Å². The maximum Gasteiger partial charge on any atom is 0.243 e. The molecule has 160 valence electrons. The fourth-order valence-electron chi connectivity index (χ4n) is 3.94. The number of piperidine rings is 1. The number of amides is 1. The summed E-state index contributed by atoms with van der Waals surface area (Å²) in [5, 5.41) is 0.467. The summed E-state index contributed by atoms with van der Waals surface area (Å²) in [7, 11) is -3.70. The number of halogens is 2. The van der Waals surface area contributed by atoms with Crippen LogP contribution in [0.5, 0.6) is 0 Å². The standard InChI is InChI=1S/C22H24ClFN2O3S/c23-18-7-11-20(12-8-18)30(28,29)25-13-3-5-17(14-25)22(27)26(19-9-10-19)15-16-4-1-2-6-21(16)24/h1-2,4,6-8,11-12,17,19H,3,5,9-10,13-15H2. The lowest BCUT2D eigenvalue weighted by atomic mass is 9.97. The zero-order valence-corrected chi connectivity index (χ0v) is 18.1. The molecule has 30 heavy (non-hydrogen) atoms. The molecule has 1 unspecified atom stereocenters. The molecule has 1 saturated carbocycles. The van der Waals surface area contributed by atoms with Crippen LogP contribution in [-0.4, -0.2) is 42.7 Å². The van der Waals surface area contributed by atoms with E-state index in [1.165, 1.54) is 22.5 Å². The van der Waals surface area contributed by atoms with Gasteiger partial charge in [-0.3, -0.25) is 4.79 Å². The second-order valence-electron chi connectivity index (χ2n) is 7.94. The molecule has 1 atom stereocenters. The van der Waals surface area contributed by atoms with E-state index in [2.05, 4.69) is 0 Å². The van der Waals surface area contributed by atoms with Crippen LogP contribution < -0.4 is 0 Å². The fraction of sp³-hybridized carbons (Fsp3) is 0.409. The van der Waals surface area contributed by atoms with Crippen LogP contribution >= 0.6 is 11.6 Å². The molecule has 1 aliphatic heterocycles. The smallest absolute Gasteiger partial charge is 0.243 e. The molecule has 0 aromatic heterocycles. The molecule has 2 aromatic carbocycles. The van der Waals surface area contributed by atoms with Gasteiger partial charge < -0.3 is 4.90 Å². The topological polar surface area (TPSA) is 57.7 Å². The van der Waals surface area contributed by atoms with Crippen molar-refractivity contribution in [1.29, 1.82) is 0 Å². The van der Waals surface area contributed by atoms with E-state index in [0.717, 1.165) is 12.8 Å². The lowest BCUT2D eigenvalue weighted by Gasteiger charge is -2.34. The van der Waals surface area contributed by atoms with Crippen molar-refractivity contribution >= 4 is 27.5 Å². The van der Waals surface area contributed by atoms with Crippen LogP contribution in [-0.2, 0) is 21.4 Å². The van der Waals surface area contributed by atoms with E-state index in [9.17, 15) is 17.6 Å². The molecule has 0 N–H and O–H groups in total. The first kappa shape index (κ1) is 21.3. The minimum absolute atomic E-state index is 0.0863. The predicted octanol–water partition coefficient (Wildman–Crippen LogP) is 4.07. The molecule has 2 aliphatic rings. The van der Waals surface area contributed by atoms with Crippen molar-refractivity contribution in [1.82, 2.24) is 9.21 Å². The van der Waals surface area contributed by atoms with Gasteiger partial charge in [0.15, 0.2) is 0 Å². The maximum atomic E-state index is 14.1. The Morgan fingerprint density at radius 2 is 1.80 bits per heavy atom. The molecule has 2 aromatic rings. The number of hydrogen-bond donors (Lipinski definition) is 0. The zero-order valence-electron chi connectivity index (χ0n) is 16.5. The summed E-state index contributed by atoms with van der Waals surface area (Å²) in [4.78, 5) is 15.2. The third kappa shape index (κ3) is 4.53. The maximum absolute atomic E-state index is 14.1. The average Bonchev–Trinajstić information content (AvgIpc) is 3.58. The number of benzene rings is 2. The second kappa shape index (κ2) is 8.65. The van der Waals surface area contributed by atoms with Gasteiger partial charge in [-0.15, -0.1) is 0 Å². The van der Waals surface area contributed by atoms with Crippen molar-refractivity contribution in [3.05, 3.63) is 64.9 Å². The van der Waals surface area contributed by atoms with Gasteiger partial charge in [-0.05, 0) is 56.0 Å². The normalized spacial score (nSPS) is 20.1. The summed E-state index contributed by atoms with van der Waals surface area (Å²) in [6.07, 6.45) is 3.05. The number of carbonyl (C=O) groups is 1. The Morgan fingerprint density at radius 1 is 1.10 bits per heavy atom. The molecular weight excluding hydrogens is 427 g/mol. The van der Waals surface area contributed by atoms with Crippen molar-refractivity contribution in [3.63, 3.8) is 0 Å². The van der Waals surface area contributed by atoms with Gasteiger partial charge in [0.05, 0.1) is 10.8 Å². The second-order valence-corrected chi connectivity index (χ2v) is 10.3. The first-order valence-corrected chi connectivity index (χ1v) is 12.0. The molecule has 8 heteroatoms. The zero-order chi connectivity index (χ0) is 21.3. The third-order valence-electron chi connectivity index (χ3n) is 5.75. The van der Waals surface area contributed by atoms with Gasteiger partial charge in [-0.1, -0.05) is 29.8 Å². The Labute approximate surface area is 181 Å². The highest BCUT2D eigenvalue weighted by Crippen LogP contribution is 2.33. The van der Waals surface area contributed by atoms with E-state index in [1.54, 1.807) is 35.2 Å². The molecule has 1 saturated heterocycles. The Kier molecular flexibility index (Phi) is 6.14. The van der Waals surface area contributed by atoms with Gasteiger partial charge in [0.2, 0.25) is 15.9 Å². The summed E-state index contributed by atoms with van der Waals surface area (Å²) in [5.74, 6) is -0.837. The van der Waals surface area contributed by atoms with Crippen molar-refractivity contribution in [2.24, 2.45) is 5.92 Å². The minimum Gasteiger partial charge on any atom is -0.335 e. The molecule has 0 bridgehead atoms. The molecule has 1 heterocycles. The van der Waals surface area contributed by atoms with Crippen LogP contribution in [0.4, 0.5) is 4.39 Å². The van der Waals surface area contributed by atoms with E-state index in [0.29, 0.717) is 30.0 Å². The lowest BCUT2D eigenvalue weighted by Crippen LogP contribution is -2.47. The summed E-state index contributed by atoms with van der Waals surface area (Å²) < 4.78 is 41.6. The summed E-state index contributed by atoms with van der Waals surface area (Å²) in [5.41, 5.74) is 0.485. The Balaban J connectivity index is 1.51. The van der Waals surface area contributed by atoms with Gasteiger partial charge >= 0.3 is 0 Å². The van der Waals surface area contributed by atoms with Gasteiger partial charge in [-0.2, -0.15) is 4.31 Å². The number of hydrogen-bond acceptors (Lipinski definition) is 3. The Bertz CT molecular complexity index is 1020. The van der Waals surface area contributed by atoms with E-state index in [1.807, 2.05) is 0 Å². The summed E-state index contributed by atoms with van der Waals surface area (Å²) in [6, 6.07) is 12.6. The highest BCUT2D eigenvalue weighted by molar-refractivity contribution is 7.89. The molecule has 0 spiro atoms. The van der Waals surface area contributed by atoms with Crippen LogP contribution in [0.25, 0.3) is 0 Å². The number of carbonyl (C=O) groups excluding carboxylic acids is 1. The number of rotatable bonds is 6. The molecular formula is C22H24ClFN2O3S. The van der Waals surface area contributed by atoms with E-state index in [-0.39, 0.29) is 35.8 Å². The highest BCUT2D eigenvalue weighted by Gasteiger charge is 2.39. The highest BCUT2D eigenvalue weighted by atomic mass is 35.5. The average molecular weight is 451 g/mol. The van der Waals surface area contributed by atoms with Crippen LogP contribution in [0.2, 0.25) is 5.02 Å². The monoisotopic (exact) mass is 450 g/mol. The SMILES string of the molecule is O=C(C1CCCN(S(=O)(=O)c2ccc(Cl)cc2)C1)N(Cc1ccccc1F)C1CC1. The molecule has 4 rings (SSSR count). The quantitative estimate of drug-likeness (QED) is 0.666. The first-order chi connectivity index (χ1) is 14.4. The summed E-state index contributed by atoms with van der Waals surface area (Å²) >= 11 is 5.87. The molecule has 1 aliphatic carbocycles. The van der Waals surface area contributed by atoms with Crippen LogP contribution in [0.1, 0.15) is 31.2 Å². The third-order valence-corrected chi connectivity index (χ3v) is 7.89. The van der Waals surface area contributed by atoms with Gasteiger partial charge in [0.25, 0.3) is 0 Å². The molecule has 2 fully saturated rings. The van der Waals surface area contributed by atoms with Crippen molar-refractivity contribution in [3.8, 4) is 0 Å². The Morgan fingerprint density at radius 3 is 2.47 bits per heavy atom. The van der Waals surface area contributed by atoms with Crippen LogP contribution in [0, 0.1) is 11.7 Å². The fourth-order valence-corrected chi connectivity index (χ4v) is 5.59. The lowest BCUT2D eigenvalue weighted by molar-refractivity contribution is -0.138. The van der Waals surface area contributed by atoms with Gasteiger partial charge in [0, 0.05) is 36.3 Å². The molecule has 1 amide bonds. The largest absolute Gasteiger partial charge is 0.335 e. The van der Waals surface area contributed by atoms with Crippen LogP contribution in [0.3, 0.4) is 0 Å².